The number of rotatable bonds is 6. The number of amides is 1. The predicted molar refractivity (Wildman–Crippen MR) is 123 cm³/mol. The second kappa shape index (κ2) is 9.07. The van der Waals surface area contributed by atoms with Crippen LogP contribution < -0.4 is 9.47 Å². The molecule has 1 amide bonds. The average molecular weight is 518 g/mol. The third-order valence-corrected chi connectivity index (χ3v) is 6.44. The van der Waals surface area contributed by atoms with Crippen LogP contribution in [0.1, 0.15) is 29.7 Å². The lowest BCUT2D eigenvalue weighted by Crippen LogP contribution is -2.32. The average Bonchev–Trinajstić information content (AvgIpc) is 3.29. The van der Waals surface area contributed by atoms with Crippen LogP contribution in [0.3, 0.4) is 0 Å². The number of aromatic hydroxyl groups is 1. The van der Waals surface area contributed by atoms with Crippen molar-refractivity contribution in [3.63, 3.8) is 0 Å². The third kappa shape index (κ3) is 4.06. The number of fused-ring (bicyclic) bond motifs is 1. The molecule has 2 heterocycles. The SMILES string of the molecule is COCCN1C(=O)C(=O)/C(=C(\O)c2ccc3c(c2)CC(C)O3)C1c1cc(Br)c(O)c(OC)c1. The first kappa shape index (κ1) is 23.1. The van der Waals surface area contributed by atoms with E-state index in [9.17, 15) is 19.8 Å². The Balaban J connectivity index is 1.88. The zero-order valence-electron chi connectivity index (χ0n) is 18.4. The molecule has 0 spiro atoms. The van der Waals surface area contributed by atoms with Gasteiger partial charge in [-0.1, -0.05) is 0 Å². The molecule has 8 nitrogen and oxygen atoms in total. The summed E-state index contributed by atoms with van der Waals surface area (Å²) in [6.45, 7) is 2.30. The van der Waals surface area contributed by atoms with E-state index in [2.05, 4.69) is 15.9 Å². The fraction of sp³-hybridized carbons (Fsp3) is 0.333. The van der Waals surface area contributed by atoms with Crippen LogP contribution in [-0.4, -0.2) is 60.3 Å². The van der Waals surface area contributed by atoms with Gasteiger partial charge in [-0.05, 0) is 64.3 Å². The molecule has 2 atom stereocenters. The van der Waals surface area contributed by atoms with Gasteiger partial charge in [0.15, 0.2) is 11.5 Å². The van der Waals surface area contributed by atoms with Gasteiger partial charge in [0, 0.05) is 25.6 Å². The molecule has 174 valence electrons. The zero-order chi connectivity index (χ0) is 23.9. The molecule has 33 heavy (non-hydrogen) atoms. The standard InChI is InChI=1S/C24H24BrNO7/c1-12-8-14-9-13(4-5-17(14)33-12)21(27)19-20(26(6-7-31-2)24(30)23(19)29)15-10-16(25)22(28)18(11-15)32-3/h4-5,9-12,20,27-28H,6-8H2,1-3H3/b21-19-. The van der Waals surface area contributed by atoms with Crippen molar-refractivity contribution in [1.29, 1.82) is 0 Å². The van der Waals surface area contributed by atoms with Gasteiger partial charge in [-0.15, -0.1) is 0 Å². The molecule has 2 unspecified atom stereocenters. The van der Waals surface area contributed by atoms with Gasteiger partial charge in [0.2, 0.25) is 0 Å². The number of carbonyl (C=O) groups is 2. The lowest BCUT2D eigenvalue weighted by molar-refractivity contribution is -0.140. The fourth-order valence-electron chi connectivity index (χ4n) is 4.28. The first-order valence-corrected chi connectivity index (χ1v) is 11.2. The summed E-state index contributed by atoms with van der Waals surface area (Å²) in [6.07, 6.45) is 0.711. The van der Waals surface area contributed by atoms with Crippen molar-refractivity contribution in [3.8, 4) is 17.2 Å². The summed E-state index contributed by atoms with van der Waals surface area (Å²) in [7, 11) is 2.90. The molecule has 2 aromatic carbocycles. The van der Waals surface area contributed by atoms with E-state index in [1.54, 1.807) is 30.3 Å². The van der Waals surface area contributed by atoms with Crippen molar-refractivity contribution in [2.75, 3.05) is 27.4 Å². The Labute approximate surface area is 199 Å². The number of hydrogen-bond donors (Lipinski definition) is 2. The second-order valence-corrected chi connectivity index (χ2v) is 8.85. The van der Waals surface area contributed by atoms with Crippen LogP contribution in [0.4, 0.5) is 0 Å². The minimum Gasteiger partial charge on any atom is -0.507 e. The number of benzene rings is 2. The summed E-state index contributed by atoms with van der Waals surface area (Å²) in [5, 5.41) is 21.5. The van der Waals surface area contributed by atoms with Crippen LogP contribution in [-0.2, 0) is 20.7 Å². The van der Waals surface area contributed by atoms with Crippen LogP contribution in [0.15, 0.2) is 40.4 Å². The van der Waals surface area contributed by atoms with Crippen molar-refractivity contribution in [3.05, 3.63) is 57.1 Å². The van der Waals surface area contributed by atoms with Crippen LogP contribution in [0.25, 0.3) is 5.76 Å². The van der Waals surface area contributed by atoms with Crippen LogP contribution in [0.5, 0.6) is 17.2 Å². The van der Waals surface area contributed by atoms with E-state index in [0.29, 0.717) is 22.0 Å². The molecular formula is C24H24BrNO7. The molecule has 2 aliphatic rings. The van der Waals surface area contributed by atoms with E-state index in [0.717, 1.165) is 11.3 Å². The van der Waals surface area contributed by atoms with Gasteiger partial charge in [0.1, 0.15) is 17.6 Å². The number of likely N-dealkylation sites (tertiary alicyclic amines) is 1. The maximum Gasteiger partial charge on any atom is 0.295 e. The van der Waals surface area contributed by atoms with Gasteiger partial charge in [-0.3, -0.25) is 9.59 Å². The maximum absolute atomic E-state index is 13.1. The number of phenols is 1. The number of aliphatic hydroxyl groups excluding tert-OH is 1. The number of carbonyl (C=O) groups excluding carboxylic acids is 2. The predicted octanol–water partition coefficient (Wildman–Crippen LogP) is 3.55. The fourth-order valence-corrected chi connectivity index (χ4v) is 4.74. The summed E-state index contributed by atoms with van der Waals surface area (Å²) in [6, 6.07) is 7.45. The van der Waals surface area contributed by atoms with E-state index in [4.69, 9.17) is 14.2 Å². The second-order valence-electron chi connectivity index (χ2n) is 7.99. The van der Waals surface area contributed by atoms with E-state index in [1.165, 1.54) is 19.1 Å². The monoisotopic (exact) mass is 517 g/mol. The van der Waals surface area contributed by atoms with Crippen molar-refractivity contribution in [2.45, 2.75) is 25.5 Å². The highest BCUT2D eigenvalue weighted by Gasteiger charge is 2.46. The Morgan fingerprint density at radius 1 is 1.24 bits per heavy atom. The summed E-state index contributed by atoms with van der Waals surface area (Å²) in [5.41, 5.74) is 1.80. The summed E-state index contributed by atoms with van der Waals surface area (Å²) in [5.74, 6) is -1.00. The molecule has 1 saturated heterocycles. The van der Waals surface area contributed by atoms with Crippen LogP contribution >= 0.6 is 15.9 Å². The van der Waals surface area contributed by atoms with Crippen molar-refractivity contribution >= 4 is 33.4 Å². The lowest BCUT2D eigenvalue weighted by Gasteiger charge is -2.25. The highest BCUT2D eigenvalue weighted by atomic mass is 79.9. The first-order valence-electron chi connectivity index (χ1n) is 10.4. The molecular weight excluding hydrogens is 494 g/mol. The number of nitrogens with zero attached hydrogens (tertiary/aromatic N) is 1. The van der Waals surface area contributed by atoms with Gasteiger partial charge in [0.05, 0.1) is 29.8 Å². The number of ether oxygens (including phenoxy) is 3. The van der Waals surface area contributed by atoms with Gasteiger partial charge >= 0.3 is 0 Å². The van der Waals surface area contributed by atoms with E-state index >= 15 is 0 Å². The molecule has 9 heteroatoms. The third-order valence-electron chi connectivity index (χ3n) is 5.83. The number of phenolic OH excluding ortho intramolecular Hbond substituents is 1. The molecule has 2 aliphatic heterocycles. The van der Waals surface area contributed by atoms with E-state index in [-0.39, 0.29) is 42.1 Å². The Morgan fingerprint density at radius 3 is 2.70 bits per heavy atom. The Hall–Kier alpha value is -3.04. The highest BCUT2D eigenvalue weighted by Crippen LogP contribution is 2.44. The molecule has 1 fully saturated rings. The first-order chi connectivity index (χ1) is 15.8. The van der Waals surface area contributed by atoms with Crippen LogP contribution in [0.2, 0.25) is 0 Å². The zero-order valence-corrected chi connectivity index (χ0v) is 20.0. The van der Waals surface area contributed by atoms with Crippen molar-refractivity contribution in [2.24, 2.45) is 0 Å². The normalized spacial score (nSPS) is 21.3. The lowest BCUT2D eigenvalue weighted by atomic mass is 9.94. The molecule has 0 radical (unpaired) electrons. The highest BCUT2D eigenvalue weighted by molar-refractivity contribution is 9.10. The van der Waals surface area contributed by atoms with Crippen molar-refractivity contribution < 1.29 is 34.0 Å². The molecule has 2 N–H and O–H groups in total. The number of aliphatic hydroxyl groups is 1. The van der Waals surface area contributed by atoms with E-state index < -0.39 is 17.7 Å². The topological polar surface area (TPSA) is 106 Å². The van der Waals surface area contributed by atoms with Crippen LogP contribution in [0, 0.1) is 0 Å². The Morgan fingerprint density at radius 2 is 2.00 bits per heavy atom. The minimum atomic E-state index is -0.894. The summed E-state index contributed by atoms with van der Waals surface area (Å²) < 4.78 is 16.4. The van der Waals surface area contributed by atoms with Gasteiger partial charge in [-0.2, -0.15) is 0 Å². The van der Waals surface area contributed by atoms with Crippen molar-refractivity contribution in [1.82, 2.24) is 4.90 Å². The number of hydrogen-bond acceptors (Lipinski definition) is 7. The molecule has 0 aliphatic carbocycles. The number of Topliss-reactive ketones (excluding diaryl/α,β-unsaturated/α-hetero) is 1. The number of methoxy groups -OCH3 is 2. The summed E-state index contributed by atoms with van der Waals surface area (Å²) in [4.78, 5) is 27.4. The Bertz CT molecular complexity index is 1160. The number of halogens is 1. The minimum absolute atomic E-state index is 0.0267. The Kier molecular flexibility index (Phi) is 6.36. The van der Waals surface area contributed by atoms with Gasteiger partial charge in [-0.25, -0.2) is 0 Å². The molecule has 0 aromatic heterocycles. The maximum atomic E-state index is 13.1. The van der Waals surface area contributed by atoms with Gasteiger partial charge in [0.25, 0.3) is 11.7 Å². The number of ketones is 1. The van der Waals surface area contributed by atoms with E-state index in [1.807, 2.05) is 6.92 Å². The summed E-state index contributed by atoms with van der Waals surface area (Å²) >= 11 is 3.29. The molecule has 0 bridgehead atoms. The quantitative estimate of drug-likeness (QED) is 0.342. The molecule has 2 aromatic rings. The largest absolute Gasteiger partial charge is 0.507 e. The smallest absolute Gasteiger partial charge is 0.295 e. The van der Waals surface area contributed by atoms with Gasteiger partial charge < -0.3 is 29.3 Å². The molecule has 0 saturated carbocycles. The molecule has 4 rings (SSSR count).